The molecule has 1 aliphatic heterocycles. The summed E-state index contributed by atoms with van der Waals surface area (Å²) >= 11 is 1.28. The number of nitrogens with two attached hydrogens (primary N) is 1. The van der Waals surface area contributed by atoms with E-state index in [4.69, 9.17) is 15.2 Å². The molecule has 0 radical (unpaired) electrons. The summed E-state index contributed by atoms with van der Waals surface area (Å²) in [7, 11) is 0. The van der Waals surface area contributed by atoms with Crippen molar-refractivity contribution < 1.29 is 14.3 Å². The molecule has 0 bridgehead atoms. The molecule has 0 fully saturated rings. The molecule has 0 amide bonds. The highest BCUT2D eigenvalue weighted by molar-refractivity contribution is 7.99. The van der Waals surface area contributed by atoms with Crippen molar-refractivity contribution in [1.82, 2.24) is 4.98 Å². The van der Waals surface area contributed by atoms with Crippen LogP contribution in [0.4, 0.5) is 0 Å². The molecule has 0 aliphatic carbocycles. The molecule has 1 atom stereocenters. The fourth-order valence-corrected chi connectivity index (χ4v) is 4.57. The minimum atomic E-state index is -0.716. The highest BCUT2D eigenvalue weighted by atomic mass is 32.2. The number of carbonyl (C=O) groups is 1. The lowest BCUT2D eigenvalue weighted by Crippen LogP contribution is -2.27. The van der Waals surface area contributed by atoms with E-state index < -0.39 is 11.9 Å². The number of esters is 1. The van der Waals surface area contributed by atoms with Crippen molar-refractivity contribution in [1.29, 1.82) is 10.5 Å². The number of allylic oxidation sites excluding steroid dienone is 1. The second-order valence-electron chi connectivity index (χ2n) is 7.25. The fourth-order valence-electron chi connectivity index (χ4n) is 3.65. The molecule has 0 unspecified atom stereocenters. The molecule has 2 aromatic rings. The summed E-state index contributed by atoms with van der Waals surface area (Å²) in [4.78, 5) is 17.7. The quantitative estimate of drug-likeness (QED) is 0.481. The zero-order valence-electron chi connectivity index (χ0n) is 18.7. The molecule has 2 heterocycles. The van der Waals surface area contributed by atoms with Gasteiger partial charge in [0.15, 0.2) is 0 Å². The summed E-state index contributed by atoms with van der Waals surface area (Å²) in [6.07, 6.45) is 0.732. The van der Waals surface area contributed by atoms with Crippen LogP contribution in [0.5, 0.6) is 0 Å². The molecule has 7 nitrogen and oxygen atoms in total. The maximum Gasteiger partial charge on any atom is 0.338 e. The number of ether oxygens (including phenoxy) is 2. The fraction of sp³-hybridized carbons (Fsp3) is 0.280. The predicted molar refractivity (Wildman–Crippen MR) is 125 cm³/mol. The van der Waals surface area contributed by atoms with E-state index in [0.717, 1.165) is 23.2 Å². The van der Waals surface area contributed by atoms with Gasteiger partial charge in [0.2, 0.25) is 5.88 Å². The first-order chi connectivity index (χ1) is 15.9. The number of hydrogen-bond donors (Lipinski definition) is 1. The summed E-state index contributed by atoms with van der Waals surface area (Å²) in [5.41, 5.74) is 9.51. The Kier molecular flexibility index (Phi) is 7.76. The minimum Gasteiger partial charge on any atom is -0.463 e. The van der Waals surface area contributed by atoms with Crippen molar-refractivity contribution in [3.05, 3.63) is 81.6 Å². The van der Waals surface area contributed by atoms with Gasteiger partial charge in [-0.25, -0.2) is 9.78 Å². The van der Waals surface area contributed by atoms with E-state index >= 15 is 0 Å². The van der Waals surface area contributed by atoms with Gasteiger partial charge in [-0.3, -0.25) is 0 Å². The van der Waals surface area contributed by atoms with E-state index in [2.05, 4.69) is 17.1 Å². The normalized spacial score (nSPS) is 15.5. The predicted octanol–water partition coefficient (Wildman–Crippen LogP) is 4.24. The molecular formula is C25H24N4O3S. The Bertz CT molecular complexity index is 1210. The molecule has 168 valence electrons. The van der Waals surface area contributed by atoms with Crippen molar-refractivity contribution in [2.45, 2.75) is 38.1 Å². The molecule has 1 aromatic heterocycles. The number of aromatic nitrogens is 1. The molecule has 0 saturated carbocycles. The van der Waals surface area contributed by atoms with Crippen LogP contribution in [0.2, 0.25) is 0 Å². The van der Waals surface area contributed by atoms with Crippen molar-refractivity contribution in [2.75, 3.05) is 12.4 Å². The van der Waals surface area contributed by atoms with Crippen molar-refractivity contribution in [2.24, 2.45) is 5.73 Å². The monoisotopic (exact) mass is 460 g/mol. The standard InChI is InChI=1S/C25H24N4O3S/c1-4-19-15(3)11-17(12-26)24(29-19)33-14-20-22(25(30)31-5-2)21(16-9-7-6-8-10-16)18(13-27)23(28)32-20/h6-11,21H,4-5,14,28H2,1-3H3/t21-/m1/s1. The maximum absolute atomic E-state index is 13.0. The molecule has 0 spiro atoms. The second-order valence-corrected chi connectivity index (χ2v) is 8.22. The van der Waals surface area contributed by atoms with E-state index in [1.807, 2.05) is 50.2 Å². The highest BCUT2D eigenvalue weighted by Crippen LogP contribution is 2.41. The molecule has 1 aliphatic rings. The Balaban J connectivity index is 2.08. The summed E-state index contributed by atoms with van der Waals surface area (Å²) in [5, 5.41) is 19.9. The maximum atomic E-state index is 13.0. The number of thioether (sulfide) groups is 1. The SMILES string of the molecule is CCOC(=O)C1=C(CSc2nc(CC)c(C)cc2C#N)OC(N)=C(C#N)[C@H]1c1ccccc1. The molecule has 1 aromatic carbocycles. The summed E-state index contributed by atoms with van der Waals surface area (Å²) in [6.45, 7) is 5.81. The van der Waals surface area contributed by atoms with Crippen molar-refractivity contribution in [3.8, 4) is 12.1 Å². The number of pyridine rings is 1. The Morgan fingerprint density at radius 3 is 2.58 bits per heavy atom. The lowest BCUT2D eigenvalue weighted by atomic mass is 9.83. The van der Waals surface area contributed by atoms with E-state index in [9.17, 15) is 15.3 Å². The van der Waals surface area contributed by atoms with Gasteiger partial charge in [-0.1, -0.05) is 49.0 Å². The number of rotatable bonds is 7. The minimum absolute atomic E-state index is 0.0541. The van der Waals surface area contributed by atoms with Gasteiger partial charge in [-0.15, -0.1) is 0 Å². The van der Waals surface area contributed by atoms with Crippen LogP contribution in [0.3, 0.4) is 0 Å². The van der Waals surface area contributed by atoms with Gasteiger partial charge >= 0.3 is 5.97 Å². The zero-order valence-corrected chi connectivity index (χ0v) is 19.5. The molecular weight excluding hydrogens is 436 g/mol. The topological polar surface area (TPSA) is 122 Å². The van der Waals surface area contributed by atoms with Gasteiger partial charge in [-0.05, 0) is 37.5 Å². The first kappa shape index (κ1) is 23.9. The lowest BCUT2D eigenvalue weighted by Gasteiger charge is -2.28. The van der Waals surface area contributed by atoms with E-state index in [1.54, 1.807) is 6.92 Å². The first-order valence-electron chi connectivity index (χ1n) is 10.5. The van der Waals surface area contributed by atoms with Crippen LogP contribution in [0.15, 0.2) is 64.2 Å². The molecule has 0 saturated heterocycles. The number of nitrogens with zero attached hydrogens (tertiary/aromatic N) is 3. The third kappa shape index (κ3) is 5.02. The first-order valence-corrected chi connectivity index (χ1v) is 11.5. The Morgan fingerprint density at radius 1 is 1.24 bits per heavy atom. The van der Waals surface area contributed by atoms with Crippen molar-refractivity contribution >= 4 is 17.7 Å². The average Bonchev–Trinajstić information content (AvgIpc) is 2.83. The van der Waals surface area contributed by atoms with Crippen LogP contribution in [-0.4, -0.2) is 23.3 Å². The van der Waals surface area contributed by atoms with Gasteiger partial charge in [-0.2, -0.15) is 10.5 Å². The summed E-state index contributed by atoms with van der Waals surface area (Å²) in [6, 6.07) is 15.2. The van der Waals surface area contributed by atoms with Crippen LogP contribution in [-0.2, 0) is 20.7 Å². The Morgan fingerprint density at radius 2 is 1.97 bits per heavy atom. The number of nitriles is 2. The summed E-state index contributed by atoms with van der Waals surface area (Å²) < 4.78 is 11.1. The molecule has 33 heavy (non-hydrogen) atoms. The van der Waals surface area contributed by atoms with Gasteiger partial charge in [0.05, 0.1) is 29.4 Å². The van der Waals surface area contributed by atoms with E-state index in [-0.39, 0.29) is 35.1 Å². The highest BCUT2D eigenvalue weighted by Gasteiger charge is 2.37. The Labute approximate surface area is 197 Å². The van der Waals surface area contributed by atoms with Gasteiger partial charge in [0.1, 0.15) is 28.5 Å². The van der Waals surface area contributed by atoms with E-state index in [0.29, 0.717) is 10.6 Å². The third-order valence-corrected chi connectivity index (χ3v) is 6.19. The molecule has 2 N–H and O–H groups in total. The van der Waals surface area contributed by atoms with E-state index in [1.165, 1.54) is 11.8 Å². The number of carbonyl (C=O) groups excluding carboxylic acids is 1. The average molecular weight is 461 g/mol. The van der Waals surface area contributed by atoms with Gasteiger partial charge in [0.25, 0.3) is 0 Å². The lowest BCUT2D eigenvalue weighted by molar-refractivity contribution is -0.139. The van der Waals surface area contributed by atoms with Crippen molar-refractivity contribution in [3.63, 3.8) is 0 Å². The van der Waals surface area contributed by atoms with Crippen LogP contribution in [0.1, 0.15) is 42.1 Å². The molecule has 8 heteroatoms. The van der Waals surface area contributed by atoms with Crippen LogP contribution in [0.25, 0.3) is 0 Å². The second kappa shape index (κ2) is 10.7. The smallest absolute Gasteiger partial charge is 0.338 e. The van der Waals surface area contributed by atoms with Crippen LogP contribution in [0, 0.1) is 29.6 Å². The Hall–Kier alpha value is -3.75. The third-order valence-electron chi connectivity index (χ3n) is 5.20. The zero-order chi connectivity index (χ0) is 24.0. The number of aryl methyl sites for hydroxylation is 2. The largest absolute Gasteiger partial charge is 0.463 e. The van der Waals surface area contributed by atoms with Crippen LogP contribution >= 0.6 is 11.8 Å². The van der Waals surface area contributed by atoms with Crippen LogP contribution < -0.4 is 5.73 Å². The van der Waals surface area contributed by atoms with Gasteiger partial charge in [0, 0.05) is 5.69 Å². The number of hydrogen-bond acceptors (Lipinski definition) is 8. The number of benzene rings is 1. The molecule has 3 rings (SSSR count). The van der Waals surface area contributed by atoms with Gasteiger partial charge < -0.3 is 15.2 Å². The summed E-state index contributed by atoms with van der Waals surface area (Å²) in [5.74, 6) is -0.874.